The third-order valence-corrected chi connectivity index (χ3v) is 3.58. The molecule has 0 saturated carbocycles. The Kier molecular flexibility index (Phi) is 4.91. The highest BCUT2D eigenvalue weighted by atomic mass is 16.6. The molecule has 0 amide bonds. The first-order chi connectivity index (χ1) is 10.3. The van der Waals surface area contributed by atoms with E-state index in [1.54, 1.807) is 0 Å². The molecule has 2 heterocycles. The molecule has 0 aromatic carbocycles. The van der Waals surface area contributed by atoms with Gasteiger partial charge in [0.25, 0.3) is 5.56 Å². The summed E-state index contributed by atoms with van der Waals surface area (Å²) in [4.78, 5) is 36.7. The van der Waals surface area contributed by atoms with E-state index in [0.717, 1.165) is 4.57 Å². The molecule has 4 N–H and O–H groups in total. The van der Waals surface area contributed by atoms with Gasteiger partial charge in [0.05, 0.1) is 6.61 Å². The number of nitrogens with one attached hydrogen (secondary N) is 1. The van der Waals surface area contributed by atoms with Crippen LogP contribution in [0.15, 0.2) is 15.8 Å². The normalized spacial score (nSPS) is 28.0. The first-order valence-electron chi connectivity index (χ1n) is 6.81. The number of rotatable bonds is 5. The summed E-state index contributed by atoms with van der Waals surface area (Å²) in [6, 6.07) is 0. The number of nitrogens with zero attached hydrogens (tertiary/aromatic N) is 1. The monoisotopic (exact) mass is 314 g/mol. The Morgan fingerprint density at radius 3 is 2.59 bits per heavy atom. The minimum absolute atomic E-state index is 0.106. The molecule has 2 rings (SSSR count). The minimum Gasteiger partial charge on any atom is -0.394 e. The van der Waals surface area contributed by atoms with E-state index in [4.69, 9.17) is 9.84 Å². The SMILES string of the molecule is CC(=O)CCc1cn([C@@H]2O[C@H](CO)C(O)[C@@H]2O)c(=O)[nH]c1=O. The fourth-order valence-corrected chi connectivity index (χ4v) is 2.31. The van der Waals surface area contributed by atoms with Crippen molar-refractivity contribution in [3.63, 3.8) is 0 Å². The van der Waals surface area contributed by atoms with Gasteiger partial charge in [-0.3, -0.25) is 14.3 Å². The van der Waals surface area contributed by atoms with Crippen LogP contribution in [0.5, 0.6) is 0 Å². The second-order valence-corrected chi connectivity index (χ2v) is 5.25. The molecule has 0 radical (unpaired) electrons. The summed E-state index contributed by atoms with van der Waals surface area (Å²) >= 11 is 0. The van der Waals surface area contributed by atoms with Crippen molar-refractivity contribution in [2.45, 2.75) is 44.3 Å². The number of hydrogen-bond donors (Lipinski definition) is 4. The summed E-state index contributed by atoms with van der Waals surface area (Å²) in [6.45, 7) is 0.861. The highest BCUT2D eigenvalue weighted by molar-refractivity contribution is 5.75. The molecule has 1 aromatic heterocycles. The molecule has 1 fully saturated rings. The zero-order chi connectivity index (χ0) is 16.4. The van der Waals surface area contributed by atoms with Gasteiger partial charge in [-0.25, -0.2) is 4.79 Å². The van der Waals surface area contributed by atoms with Crippen LogP contribution in [0.4, 0.5) is 0 Å². The summed E-state index contributed by atoms with van der Waals surface area (Å²) in [5.41, 5.74) is -1.24. The lowest BCUT2D eigenvalue weighted by Crippen LogP contribution is -2.39. The van der Waals surface area contributed by atoms with E-state index >= 15 is 0 Å². The predicted octanol–water partition coefficient (Wildman–Crippen LogP) is -2.33. The maximum atomic E-state index is 11.9. The number of Topliss-reactive ketones (excluding diaryl/α,β-unsaturated/α-hetero) is 1. The van der Waals surface area contributed by atoms with Gasteiger partial charge in [0.2, 0.25) is 0 Å². The van der Waals surface area contributed by atoms with Crippen molar-refractivity contribution in [1.29, 1.82) is 0 Å². The molecular weight excluding hydrogens is 296 g/mol. The standard InChI is InChI=1S/C13H18N2O7/c1-6(17)2-3-7-4-15(13(21)14-11(7)20)12-10(19)9(18)8(5-16)22-12/h4,8-10,12,16,18-19H,2-3,5H2,1H3,(H,14,20,21)/t8-,9?,10+,12-/m1/s1. The molecule has 1 aromatic rings. The Labute approximate surface area is 124 Å². The highest BCUT2D eigenvalue weighted by Gasteiger charge is 2.43. The van der Waals surface area contributed by atoms with E-state index < -0.39 is 42.4 Å². The van der Waals surface area contributed by atoms with Crippen molar-refractivity contribution in [1.82, 2.24) is 9.55 Å². The van der Waals surface area contributed by atoms with Gasteiger partial charge < -0.3 is 24.9 Å². The number of H-pyrrole nitrogens is 1. The number of ether oxygens (including phenoxy) is 1. The van der Waals surface area contributed by atoms with E-state index in [1.807, 2.05) is 0 Å². The molecule has 4 atom stereocenters. The van der Waals surface area contributed by atoms with Gasteiger partial charge in [-0.1, -0.05) is 0 Å². The largest absolute Gasteiger partial charge is 0.394 e. The van der Waals surface area contributed by atoms with Crippen LogP contribution in [0.3, 0.4) is 0 Å². The average molecular weight is 314 g/mol. The molecule has 1 unspecified atom stereocenters. The molecule has 9 nitrogen and oxygen atoms in total. The van der Waals surface area contributed by atoms with Crippen molar-refractivity contribution >= 4 is 5.78 Å². The Bertz CT molecular complexity index is 665. The summed E-state index contributed by atoms with van der Waals surface area (Å²) in [6.07, 6.45) is -3.57. The second-order valence-electron chi connectivity index (χ2n) is 5.25. The van der Waals surface area contributed by atoms with Crippen LogP contribution in [-0.4, -0.2) is 55.6 Å². The molecule has 122 valence electrons. The topological polar surface area (TPSA) is 142 Å². The second kappa shape index (κ2) is 6.53. The zero-order valence-electron chi connectivity index (χ0n) is 11.9. The first kappa shape index (κ1) is 16.6. The Morgan fingerprint density at radius 2 is 2.05 bits per heavy atom. The predicted molar refractivity (Wildman–Crippen MR) is 73.3 cm³/mol. The molecule has 0 aliphatic carbocycles. The van der Waals surface area contributed by atoms with E-state index in [0.29, 0.717) is 0 Å². The number of ketones is 1. The van der Waals surface area contributed by atoms with Crippen LogP contribution in [0.2, 0.25) is 0 Å². The van der Waals surface area contributed by atoms with Gasteiger partial charge in [0.1, 0.15) is 24.1 Å². The molecule has 0 bridgehead atoms. The van der Waals surface area contributed by atoms with Crippen LogP contribution in [0.1, 0.15) is 25.1 Å². The molecule has 22 heavy (non-hydrogen) atoms. The fourth-order valence-electron chi connectivity index (χ4n) is 2.31. The summed E-state index contributed by atoms with van der Waals surface area (Å²) in [7, 11) is 0. The lowest BCUT2D eigenvalue weighted by atomic mass is 10.1. The van der Waals surface area contributed by atoms with Crippen molar-refractivity contribution in [3.8, 4) is 0 Å². The number of aliphatic hydroxyl groups excluding tert-OH is 3. The van der Waals surface area contributed by atoms with E-state index in [1.165, 1.54) is 13.1 Å². The van der Waals surface area contributed by atoms with Crippen LogP contribution in [-0.2, 0) is 16.0 Å². The van der Waals surface area contributed by atoms with Crippen LogP contribution in [0, 0.1) is 0 Å². The molecule has 0 spiro atoms. The van der Waals surface area contributed by atoms with Gasteiger partial charge in [0.15, 0.2) is 6.23 Å². The van der Waals surface area contributed by atoms with Crippen molar-refractivity contribution < 1.29 is 24.9 Å². The number of carbonyl (C=O) groups is 1. The number of aromatic amines is 1. The first-order valence-corrected chi connectivity index (χ1v) is 6.81. The van der Waals surface area contributed by atoms with Gasteiger partial charge in [-0.15, -0.1) is 0 Å². The fraction of sp³-hybridized carbons (Fsp3) is 0.615. The van der Waals surface area contributed by atoms with Crippen molar-refractivity contribution in [3.05, 3.63) is 32.6 Å². The number of carbonyl (C=O) groups excluding carboxylic acids is 1. The Hall–Kier alpha value is -1.81. The van der Waals surface area contributed by atoms with Crippen LogP contribution >= 0.6 is 0 Å². The zero-order valence-corrected chi connectivity index (χ0v) is 11.9. The number of aromatic nitrogens is 2. The smallest absolute Gasteiger partial charge is 0.330 e. The van der Waals surface area contributed by atoms with Crippen LogP contribution < -0.4 is 11.2 Å². The van der Waals surface area contributed by atoms with Gasteiger partial charge in [-0.05, 0) is 13.3 Å². The molecule has 1 saturated heterocycles. The molecule has 1 aliphatic heterocycles. The van der Waals surface area contributed by atoms with E-state index in [-0.39, 0.29) is 24.2 Å². The quantitative estimate of drug-likeness (QED) is 0.477. The molecular formula is C13H18N2O7. The summed E-state index contributed by atoms with van der Waals surface area (Å²) in [5, 5.41) is 28.7. The van der Waals surface area contributed by atoms with Crippen LogP contribution in [0.25, 0.3) is 0 Å². The maximum Gasteiger partial charge on any atom is 0.330 e. The Balaban J connectivity index is 2.35. The number of aryl methyl sites for hydroxylation is 1. The summed E-state index contributed by atoms with van der Waals surface area (Å²) in [5.74, 6) is -0.106. The van der Waals surface area contributed by atoms with Crippen molar-refractivity contribution in [2.75, 3.05) is 6.61 Å². The minimum atomic E-state index is -1.43. The Morgan fingerprint density at radius 1 is 1.36 bits per heavy atom. The van der Waals surface area contributed by atoms with Crippen molar-refractivity contribution in [2.24, 2.45) is 0 Å². The van der Waals surface area contributed by atoms with E-state index in [2.05, 4.69) is 4.98 Å². The maximum absolute atomic E-state index is 11.9. The van der Waals surface area contributed by atoms with Gasteiger partial charge in [-0.2, -0.15) is 0 Å². The van der Waals surface area contributed by atoms with Gasteiger partial charge >= 0.3 is 5.69 Å². The number of hydrogen-bond acceptors (Lipinski definition) is 7. The number of aliphatic hydroxyl groups is 3. The average Bonchev–Trinajstić information content (AvgIpc) is 2.74. The van der Waals surface area contributed by atoms with Gasteiger partial charge in [0, 0.05) is 18.2 Å². The highest BCUT2D eigenvalue weighted by Crippen LogP contribution is 2.27. The molecule has 9 heteroatoms. The lowest BCUT2D eigenvalue weighted by Gasteiger charge is -2.17. The lowest BCUT2D eigenvalue weighted by molar-refractivity contribution is -0.116. The van der Waals surface area contributed by atoms with E-state index in [9.17, 15) is 24.6 Å². The third kappa shape index (κ3) is 3.17. The summed E-state index contributed by atoms with van der Waals surface area (Å²) < 4.78 is 6.19. The third-order valence-electron chi connectivity index (χ3n) is 3.58. The molecule has 1 aliphatic rings.